The lowest BCUT2D eigenvalue weighted by molar-refractivity contribution is -0.144. The van der Waals surface area contributed by atoms with Gasteiger partial charge in [-0.15, -0.1) is 0 Å². The van der Waals surface area contributed by atoms with E-state index in [2.05, 4.69) is 0 Å². The van der Waals surface area contributed by atoms with Gasteiger partial charge in [-0.1, -0.05) is 0 Å². The Morgan fingerprint density at radius 3 is 2.69 bits per heavy atom. The van der Waals surface area contributed by atoms with E-state index < -0.39 is 18.8 Å². The summed E-state index contributed by atoms with van der Waals surface area (Å²) in [6.45, 7) is 5.94. The molecule has 0 aromatic heterocycles. The minimum atomic E-state index is -2.53. The van der Waals surface area contributed by atoms with Crippen LogP contribution in [0, 0.1) is 0 Å². The Labute approximate surface area is 95.8 Å². The van der Waals surface area contributed by atoms with Gasteiger partial charge in [-0.25, -0.2) is 0 Å². The van der Waals surface area contributed by atoms with Gasteiger partial charge in [0.15, 0.2) is 13.2 Å². The van der Waals surface area contributed by atoms with E-state index in [4.69, 9.17) is 18.7 Å². The maximum atomic E-state index is 11.7. The number of hydrogen-bond acceptors (Lipinski definition) is 5. The van der Waals surface area contributed by atoms with Crippen LogP contribution in [0.25, 0.3) is 0 Å². The second-order valence-electron chi connectivity index (χ2n) is 5.07. The average Bonchev–Trinajstić information content (AvgIpc) is 2.53. The van der Waals surface area contributed by atoms with Crippen LogP contribution in [-0.4, -0.2) is 51.1 Å². The third-order valence-electron chi connectivity index (χ3n) is 2.95. The van der Waals surface area contributed by atoms with Crippen molar-refractivity contribution < 1.29 is 23.3 Å². The smallest absolute Gasteiger partial charge is 0.197 e. The second kappa shape index (κ2) is 3.79. The first kappa shape index (κ1) is 12.5. The molecule has 0 saturated carbocycles. The number of methoxy groups -OCH3 is 1. The summed E-state index contributed by atoms with van der Waals surface area (Å²) in [6.07, 6.45) is 0.384. The van der Waals surface area contributed by atoms with Crippen LogP contribution in [0.1, 0.15) is 13.3 Å². The molecule has 0 aromatic carbocycles. The first-order valence-corrected chi connectivity index (χ1v) is 7.87. The van der Waals surface area contributed by atoms with Crippen molar-refractivity contribution in [2.45, 2.75) is 30.8 Å². The lowest BCUT2D eigenvalue weighted by Gasteiger charge is -2.32. The zero-order chi connectivity index (χ0) is 12.0. The topological polar surface area (TPSA) is 54.0 Å². The Kier molecular flexibility index (Phi) is 2.96. The van der Waals surface area contributed by atoms with Gasteiger partial charge in [0.1, 0.15) is 11.7 Å². The molecule has 0 N–H and O–H groups in total. The maximum Gasteiger partial charge on any atom is 0.197 e. The third kappa shape index (κ3) is 2.20. The van der Waals surface area contributed by atoms with E-state index in [1.807, 2.05) is 6.92 Å². The molecule has 2 aliphatic rings. The van der Waals surface area contributed by atoms with E-state index in [0.717, 1.165) is 0 Å². The Balaban J connectivity index is 2.17. The Morgan fingerprint density at radius 1 is 1.50 bits per heavy atom. The quantitative estimate of drug-likeness (QED) is 0.707. The first-order valence-electron chi connectivity index (χ1n) is 5.35. The second-order valence-corrected chi connectivity index (χ2v) is 7.79. The number of fused-ring (bicyclic) bond motifs is 2. The van der Waals surface area contributed by atoms with Crippen LogP contribution in [-0.2, 0) is 23.3 Å². The highest BCUT2D eigenvalue weighted by Crippen LogP contribution is 2.52. The molecule has 2 saturated heterocycles. The highest BCUT2D eigenvalue weighted by atomic mass is 31.2. The standard InChI is InChI=1S/C10H19O5P/c1-9-5-8(14-16(3,4)11)10(15-9,6-12-2)7-13-9/h8H,5-7H2,1-4H3/t8?,9-,10+/m1/s1. The summed E-state index contributed by atoms with van der Waals surface area (Å²) in [5, 5.41) is 0. The van der Waals surface area contributed by atoms with Gasteiger partial charge in [0.25, 0.3) is 0 Å². The van der Waals surface area contributed by atoms with Gasteiger partial charge in [0.05, 0.1) is 13.2 Å². The minimum absolute atomic E-state index is 0.216. The van der Waals surface area contributed by atoms with Crippen LogP contribution in [0.15, 0.2) is 0 Å². The summed E-state index contributed by atoms with van der Waals surface area (Å²) < 4.78 is 33.9. The molecular formula is C10H19O5P. The molecule has 3 atom stereocenters. The van der Waals surface area contributed by atoms with E-state index >= 15 is 0 Å². The third-order valence-corrected chi connectivity index (χ3v) is 3.72. The van der Waals surface area contributed by atoms with Crippen molar-refractivity contribution in [1.29, 1.82) is 0 Å². The monoisotopic (exact) mass is 250 g/mol. The summed E-state index contributed by atoms with van der Waals surface area (Å²) in [6, 6.07) is 0. The van der Waals surface area contributed by atoms with Crippen LogP contribution < -0.4 is 0 Å². The molecule has 0 spiro atoms. The lowest BCUT2D eigenvalue weighted by Crippen LogP contribution is -2.47. The van der Waals surface area contributed by atoms with Crippen LogP contribution >= 0.6 is 7.37 Å². The van der Waals surface area contributed by atoms with Crippen molar-refractivity contribution in [1.82, 2.24) is 0 Å². The van der Waals surface area contributed by atoms with E-state index in [1.165, 1.54) is 0 Å². The molecule has 1 unspecified atom stereocenters. The van der Waals surface area contributed by atoms with Crippen molar-refractivity contribution in [2.24, 2.45) is 0 Å². The molecule has 2 rings (SSSR count). The molecular weight excluding hydrogens is 231 g/mol. The van der Waals surface area contributed by atoms with Crippen molar-refractivity contribution >= 4 is 7.37 Å². The van der Waals surface area contributed by atoms with Gasteiger partial charge in [0.2, 0.25) is 0 Å². The SMILES string of the molecule is COC[C@]12CO[C@@](C)(CC1OP(C)(C)=O)O2. The average molecular weight is 250 g/mol. The van der Waals surface area contributed by atoms with Gasteiger partial charge in [-0.05, 0) is 6.92 Å². The van der Waals surface area contributed by atoms with E-state index in [1.54, 1.807) is 20.4 Å². The molecule has 94 valence electrons. The van der Waals surface area contributed by atoms with Crippen molar-refractivity contribution in [2.75, 3.05) is 33.7 Å². The summed E-state index contributed by atoms with van der Waals surface area (Å²) in [5.41, 5.74) is -0.592. The Bertz CT molecular complexity index is 323. The zero-order valence-corrected chi connectivity index (χ0v) is 11.1. The van der Waals surface area contributed by atoms with Crippen molar-refractivity contribution in [3.63, 3.8) is 0 Å². The minimum Gasteiger partial charge on any atom is -0.381 e. The summed E-state index contributed by atoms with van der Waals surface area (Å²) in [4.78, 5) is 0. The van der Waals surface area contributed by atoms with Crippen LogP contribution in [0.5, 0.6) is 0 Å². The largest absolute Gasteiger partial charge is 0.381 e. The van der Waals surface area contributed by atoms with Crippen molar-refractivity contribution in [3.8, 4) is 0 Å². The normalized spacial score (nSPS) is 42.9. The summed E-state index contributed by atoms with van der Waals surface area (Å²) >= 11 is 0. The van der Waals surface area contributed by atoms with Gasteiger partial charge < -0.3 is 18.7 Å². The number of ether oxygens (including phenoxy) is 3. The molecule has 0 radical (unpaired) electrons. The van der Waals surface area contributed by atoms with Gasteiger partial charge in [0, 0.05) is 26.9 Å². The molecule has 0 aromatic rings. The van der Waals surface area contributed by atoms with Gasteiger partial charge in [-0.2, -0.15) is 0 Å². The van der Waals surface area contributed by atoms with Gasteiger partial charge >= 0.3 is 0 Å². The molecule has 2 heterocycles. The molecule has 2 aliphatic heterocycles. The van der Waals surface area contributed by atoms with Crippen LogP contribution in [0.3, 0.4) is 0 Å². The molecule has 2 bridgehead atoms. The maximum absolute atomic E-state index is 11.7. The molecule has 0 amide bonds. The first-order chi connectivity index (χ1) is 7.29. The fourth-order valence-corrected chi connectivity index (χ4v) is 3.27. The number of rotatable bonds is 4. The Hall–Kier alpha value is 0.0700. The Morgan fingerprint density at radius 2 is 2.19 bits per heavy atom. The zero-order valence-electron chi connectivity index (χ0n) is 10.2. The highest BCUT2D eigenvalue weighted by molar-refractivity contribution is 7.57. The van der Waals surface area contributed by atoms with E-state index in [9.17, 15) is 4.57 Å². The predicted molar refractivity (Wildman–Crippen MR) is 59.0 cm³/mol. The highest BCUT2D eigenvalue weighted by Gasteiger charge is 2.62. The van der Waals surface area contributed by atoms with Crippen LogP contribution in [0.2, 0.25) is 0 Å². The fraction of sp³-hybridized carbons (Fsp3) is 1.00. The molecule has 6 heteroatoms. The van der Waals surface area contributed by atoms with Gasteiger partial charge in [-0.3, -0.25) is 4.57 Å². The molecule has 0 aliphatic carbocycles. The number of hydrogen-bond donors (Lipinski definition) is 0. The molecule has 2 fully saturated rings. The van der Waals surface area contributed by atoms with E-state index in [0.29, 0.717) is 19.6 Å². The van der Waals surface area contributed by atoms with E-state index in [-0.39, 0.29) is 6.10 Å². The van der Waals surface area contributed by atoms with Crippen molar-refractivity contribution in [3.05, 3.63) is 0 Å². The molecule has 16 heavy (non-hydrogen) atoms. The fourth-order valence-electron chi connectivity index (χ4n) is 2.39. The summed E-state index contributed by atoms with van der Waals surface area (Å²) in [7, 11) is -0.920. The molecule has 5 nitrogen and oxygen atoms in total. The predicted octanol–water partition coefficient (Wildman–Crippen LogP) is 1.46. The lowest BCUT2D eigenvalue weighted by atomic mass is 9.95. The summed E-state index contributed by atoms with van der Waals surface area (Å²) in [5.74, 6) is -0.613. The van der Waals surface area contributed by atoms with Crippen LogP contribution in [0.4, 0.5) is 0 Å².